The summed E-state index contributed by atoms with van der Waals surface area (Å²) >= 11 is 3.30. The lowest BCUT2D eigenvalue weighted by Crippen LogP contribution is -2.04. The number of nitrogens with one attached hydrogen (secondary N) is 1. The second kappa shape index (κ2) is 5.00. The molecule has 0 atom stereocenters. The molecule has 0 aliphatic carbocycles. The van der Waals surface area contributed by atoms with Gasteiger partial charge in [-0.15, -0.1) is 0 Å². The third-order valence-electron chi connectivity index (χ3n) is 2.64. The van der Waals surface area contributed by atoms with Crippen LogP contribution in [0, 0.1) is 5.82 Å². The van der Waals surface area contributed by atoms with Crippen molar-refractivity contribution in [2.24, 2.45) is 0 Å². The van der Waals surface area contributed by atoms with Gasteiger partial charge in [-0.05, 0) is 37.1 Å². The number of fused-ring (bicyclic) bond motifs is 1. The van der Waals surface area contributed by atoms with Crippen molar-refractivity contribution in [3.63, 3.8) is 0 Å². The number of anilines is 1. The first kappa shape index (κ1) is 12.3. The predicted molar refractivity (Wildman–Crippen MR) is 72.9 cm³/mol. The zero-order valence-corrected chi connectivity index (χ0v) is 11.4. The van der Waals surface area contributed by atoms with Crippen molar-refractivity contribution in [1.82, 2.24) is 4.98 Å². The summed E-state index contributed by atoms with van der Waals surface area (Å²) < 4.78 is 14.5. The molecule has 17 heavy (non-hydrogen) atoms. The van der Waals surface area contributed by atoms with E-state index in [9.17, 15) is 4.39 Å². The fourth-order valence-corrected chi connectivity index (χ4v) is 2.29. The Kier molecular flexibility index (Phi) is 3.62. The fraction of sp³-hybridized carbons (Fsp3) is 0.308. The van der Waals surface area contributed by atoms with E-state index in [1.165, 1.54) is 6.07 Å². The van der Waals surface area contributed by atoms with E-state index in [4.69, 9.17) is 0 Å². The minimum absolute atomic E-state index is 0.295. The Balaban J connectivity index is 2.69. The zero-order chi connectivity index (χ0) is 12.4. The standard InChI is InChI=1S/C13H14BrFN2/c1-3-8-5-9-6-10(14)7-11(15)12(9)17-13(8)16-4-2/h5-7H,3-4H2,1-2H3,(H,16,17). The topological polar surface area (TPSA) is 24.9 Å². The molecule has 2 rings (SSSR count). The number of aromatic nitrogens is 1. The van der Waals surface area contributed by atoms with Crippen LogP contribution in [0.4, 0.5) is 10.2 Å². The van der Waals surface area contributed by atoms with Gasteiger partial charge in [0, 0.05) is 16.4 Å². The molecule has 1 aromatic carbocycles. The third-order valence-corrected chi connectivity index (χ3v) is 3.10. The Hall–Kier alpha value is -1.16. The monoisotopic (exact) mass is 296 g/mol. The average Bonchev–Trinajstić information content (AvgIpc) is 2.29. The minimum Gasteiger partial charge on any atom is -0.370 e. The molecule has 90 valence electrons. The van der Waals surface area contributed by atoms with Crippen LogP contribution in [0.25, 0.3) is 10.9 Å². The Labute approximate surface area is 108 Å². The molecule has 2 nitrogen and oxygen atoms in total. The Morgan fingerprint density at radius 1 is 1.29 bits per heavy atom. The molecule has 0 saturated carbocycles. The molecule has 0 bridgehead atoms. The van der Waals surface area contributed by atoms with Gasteiger partial charge in [0.2, 0.25) is 0 Å². The van der Waals surface area contributed by atoms with Crippen LogP contribution in [0.1, 0.15) is 19.4 Å². The largest absolute Gasteiger partial charge is 0.370 e. The van der Waals surface area contributed by atoms with Gasteiger partial charge in [0.25, 0.3) is 0 Å². The van der Waals surface area contributed by atoms with Gasteiger partial charge in [0.05, 0.1) is 0 Å². The van der Waals surface area contributed by atoms with Crippen LogP contribution in [0.2, 0.25) is 0 Å². The van der Waals surface area contributed by atoms with Gasteiger partial charge in [0.15, 0.2) is 5.82 Å². The summed E-state index contributed by atoms with van der Waals surface area (Å²) in [5.74, 6) is 0.486. The lowest BCUT2D eigenvalue weighted by atomic mass is 10.1. The molecule has 0 unspecified atom stereocenters. The van der Waals surface area contributed by atoms with Gasteiger partial charge in [-0.3, -0.25) is 0 Å². The molecule has 4 heteroatoms. The maximum Gasteiger partial charge on any atom is 0.150 e. The molecule has 0 radical (unpaired) electrons. The van der Waals surface area contributed by atoms with Gasteiger partial charge in [-0.1, -0.05) is 22.9 Å². The highest BCUT2D eigenvalue weighted by molar-refractivity contribution is 9.10. The highest BCUT2D eigenvalue weighted by Crippen LogP contribution is 2.26. The number of halogens is 2. The number of nitrogens with zero attached hydrogens (tertiary/aromatic N) is 1. The number of rotatable bonds is 3. The second-order valence-corrected chi connectivity index (χ2v) is 4.75. The molecule has 0 aliphatic rings. The normalized spacial score (nSPS) is 10.8. The van der Waals surface area contributed by atoms with Gasteiger partial charge in [0.1, 0.15) is 11.3 Å². The number of hydrogen-bond acceptors (Lipinski definition) is 2. The number of hydrogen-bond donors (Lipinski definition) is 1. The van der Waals surface area contributed by atoms with E-state index in [0.29, 0.717) is 5.52 Å². The Morgan fingerprint density at radius 2 is 2.06 bits per heavy atom. The summed E-state index contributed by atoms with van der Waals surface area (Å²) in [6, 6.07) is 5.32. The molecule has 1 heterocycles. The van der Waals surface area contributed by atoms with Crippen molar-refractivity contribution in [1.29, 1.82) is 0 Å². The number of pyridine rings is 1. The molecule has 0 spiro atoms. The van der Waals surface area contributed by atoms with Crippen LogP contribution in [0.5, 0.6) is 0 Å². The van der Waals surface area contributed by atoms with Crippen LogP contribution >= 0.6 is 15.9 Å². The van der Waals surface area contributed by atoms with Crippen molar-refractivity contribution in [2.45, 2.75) is 20.3 Å². The van der Waals surface area contributed by atoms with Crippen LogP contribution in [0.15, 0.2) is 22.7 Å². The van der Waals surface area contributed by atoms with Crippen molar-refractivity contribution in [3.8, 4) is 0 Å². The number of aryl methyl sites for hydroxylation is 1. The summed E-state index contributed by atoms with van der Waals surface area (Å²) in [5, 5.41) is 4.00. The quantitative estimate of drug-likeness (QED) is 0.921. The van der Waals surface area contributed by atoms with Crippen LogP contribution in [-0.4, -0.2) is 11.5 Å². The average molecular weight is 297 g/mol. The second-order valence-electron chi connectivity index (χ2n) is 3.84. The first-order chi connectivity index (χ1) is 8.15. The fourth-order valence-electron chi connectivity index (χ4n) is 1.84. The Morgan fingerprint density at radius 3 is 2.71 bits per heavy atom. The van der Waals surface area contributed by atoms with Crippen molar-refractivity contribution < 1.29 is 4.39 Å². The summed E-state index contributed by atoms with van der Waals surface area (Å²) in [7, 11) is 0. The highest BCUT2D eigenvalue weighted by atomic mass is 79.9. The van der Waals surface area contributed by atoms with Gasteiger partial charge < -0.3 is 5.32 Å². The molecule has 0 aliphatic heterocycles. The molecular formula is C13H14BrFN2. The van der Waals surface area contributed by atoms with E-state index in [0.717, 1.165) is 34.2 Å². The van der Waals surface area contributed by atoms with Crippen molar-refractivity contribution in [2.75, 3.05) is 11.9 Å². The first-order valence-electron chi connectivity index (χ1n) is 5.68. The van der Waals surface area contributed by atoms with Crippen molar-refractivity contribution in [3.05, 3.63) is 34.1 Å². The summed E-state index contributed by atoms with van der Waals surface area (Å²) in [4.78, 5) is 4.37. The van der Waals surface area contributed by atoms with Crippen LogP contribution in [-0.2, 0) is 6.42 Å². The van der Waals surface area contributed by atoms with Crippen LogP contribution in [0.3, 0.4) is 0 Å². The maximum atomic E-state index is 13.8. The molecule has 0 saturated heterocycles. The van der Waals surface area contributed by atoms with Gasteiger partial charge in [-0.2, -0.15) is 0 Å². The molecule has 2 aromatic rings. The maximum absolute atomic E-state index is 13.8. The molecule has 0 fully saturated rings. The summed E-state index contributed by atoms with van der Waals surface area (Å²) in [5.41, 5.74) is 1.53. The summed E-state index contributed by atoms with van der Waals surface area (Å²) in [6.07, 6.45) is 0.874. The lowest BCUT2D eigenvalue weighted by molar-refractivity contribution is 0.636. The van der Waals surface area contributed by atoms with E-state index in [1.807, 2.05) is 19.1 Å². The van der Waals surface area contributed by atoms with E-state index >= 15 is 0 Å². The van der Waals surface area contributed by atoms with E-state index in [1.54, 1.807) is 0 Å². The van der Waals surface area contributed by atoms with Gasteiger partial charge >= 0.3 is 0 Å². The minimum atomic E-state index is -0.295. The molecule has 1 aromatic heterocycles. The van der Waals surface area contributed by atoms with Crippen LogP contribution < -0.4 is 5.32 Å². The smallest absolute Gasteiger partial charge is 0.150 e. The Bertz CT molecular complexity index is 555. The predicted octanol–water partition coefficient (Wildman–Crippen LogP) is 4.13. The van der Waals surface area contributed by atoms with Crippen molar-refractivity contribution >= 4 is 32.7 Å². The highest BCUT2D eigenvalue weighted by Gasteiger charge is 2.09. The number of benzene rings is 1. The molecule has 0 amide bonds. The zero-order valence-electron chi connectivity index (χ0n) is 9.85. The van der Waals surface area contributed by atoms with E-state index in [-0.39, 0.29) is 5.82 Å². The van der Waals surface area contributed by atoms with Gasteiger partial charge in [-0.25, -0.2) is 9.37 Å². The lowest BCUT2D eigenvalue weighted by Gasteiger charge is -2.10. The van der Waals surface area contributed by atoms with E-state index < -0.39 is 0 Å². The summed E-state index contributed by atoms with van der Waals surface area (Å²) in [6.45, 7) is 4.85. The molecular weight excluding hydrogens is 283 g/mol. The third kappa shape index (κ3) is 2.41. The van der Waals surface area contributed by atoms with E-state index in [2.05, 4.69) is 33.2 Å². The first-order valence-corrected chi connectivity index (χ1v) is 6.47. The SMILES string of the molecule is CCNc1nc2c(F)cc(Br)cc2cc1CC. The molecule has 1 N–H and O–H groups in total.